The normalized spacial score (nSPS) is 41.2. The molecule has 25 heavy (non-hydrogen) atoms. The number of benzene rings is 1. The van der Waals surface area contributed by atoms with Crippen molar-refractivity contribution in [1.82, 2.24) is 0 Å². The summed E-state index contributed by atoms with van der Waals surface area (Å²) in [6.45, 7) is 6.72. The summed E-state index contributed by atoms with van der Waals surface area (Å²) in [5, 5.41) is 9.41. The molecule has 4 aliphatic heterocycles. The van der Waals surface area contributed by atoms with Gasteiger partial charge in [-0.1, -0.05) is 18.2 Å². The molecule has 4 fully saturated rings. The van der Waals surface area contributed by atoms with Crippen LogP contribution in [0.25, 0.3) is 0 Å². The van der Waals surface area contributed by atoms with E-state index >= 15 is 0 Å². The number of carbonyl (C=O) groups is 1. The summed E-state index contributed by atoms with van der Waals surface area (Å²) in [6, 6.07) is 7.11. The van der Waals surface area contributed by atoms with E-state index in [1.54, 1.807) is 23.1 Å². The van der Waals surface area contributed by atoms with E-state index < -0.39 is 5.60 Å². The minimum Gasteiger partial charge on any atom is -0.363 e. The lowest BCUT2D eigenvalue weighted by molar-refractivity contribution is -0.138. The number of anilines is 1. The minimum atomic E-state index is -0.626. The van der Waals surface area contributed by atoms with Crippen molar-refractivity contribution < 1.29 is 14.3 Å². The fraction of sp³-hybridized carbons (Fsp3) is 0.474. The summed E-state index contributed by atoms with van der Waals surface area (Å²) in [5.74, 6) is -0.296. The Hall–Kier alpha value is -1.87. The zero-order chi connectivity index (χ0) is 17.6. The summed E-state index contributed by atoms with van der Waals surface area (Å²) < 4.78 is 12.4. The lowest BCUT2D eigenvalue weighted by Gasteiger charge is -2.41. The summed E-state index contributed by atoms with van der Waals surface area (Å²) in [6.07, 6.45) is 1.22. The second-order valence-electron chi connectivity index (χ2n) is 7.55. The number of hydrogen-bond acceptors (Lipinski definition) is 4. The third kappa shape index (κ3) is 1.68. The van der Waals surface area contributed by atoms with E-state index in [-0.39, 0.29) is 29.6 Å². The van der Waals surface area contributed by atoms with E-state index in [0.29, 0.717) is 22.9 Å². The number of carbonyl (C=O) groups excluding carboxylic acids is 1. The second kappa shape index (κ2) is 4.64. The minimum absolute atomic E-state index is 0.00123. The fourth-order valence-corrected chi connectivity index (χ4v) is 5.50. The molecule has 0 unspecified atom stereocenters. The molecule has 0 aliphatic carbocycles. The molecule has 4 aliphatic rings. The van der Waals surface area contributed by atoms with Gasteiger partial charge in [0, 0.05) is 24.4 Å². The lowest BCUT2D eigenvalue weighted by atomic mass is 9.64. The van der Waals surface area contributed by atoms with E-state index in [0.717, 1.165) is 18.4 Å². The highest BCUT2D eigenvalue weighted by Crippen LogP contribution is 2.66. The maximum absolute atomic E-state index is 13.3. The van der Waals surface area contributed by atoms with Gasteiger partial charge in [-0.2, -0.15) is 5.26 Å². The van der Waals surface area contributed by atoms with Gasteiger partial charge in [-0.15, -0.1) is 0 Å². The Labute approximate surface area is 150 Å². The van der Waals surface area contributed by atoms with Crippen LogP contribution in [0.4, 0.5) is 5.69 Å². The predicted molar refractivity (Wildman–Crippen MR) is 91.0 cm³/mol. The third-order valence-corrected chi connectivity index (χ3v) is 6.73. The Morgan fingerprint density at radius 3 is 3.00 bits per heavy atom. The van der Waals surface area contributed by atoms with Crippen LogP contribution in [0.1, 0.15) is 25.3 Å². The third-order valence-electron chi connectivity index (χ3n) is 6.42. The van der Waals surface area contributed by atoms with Crippen molar-refractivity contribution in [1.29, 1.82) is 5.26 Å². The Morgan fingerprint density at radius 1 is 1.48 bits per heavy atom. The Morgan fingerprint density at radius 2 is 2.28 bits per heavy atom. The Bertz CT molecular complexity index is 878. The van der Waals surface area contributed by atoms with Crippen LogP contribution in [0.5, 0.6) is 0 Å². The first-order valence-corrected chi connectivity index (χ1v) is 8.82. The van der Waals surface area contributed by atoms with Crippen LogP contribution in [-0.4, -0.2) is 29.9 Å². The quantitative estimate of drug-likeness (QED) is 0.726. The zero-order valence-electron chi connectivity index (χ0n) is 13.8. The molecule has 6 heteroatoms. The van der Waals surface area contributed by atoms with Gasteiger partial charge < -0.3 is 9.47 Å². The monoisotopic (exact) mass is 356 g/mol. The molecule has 5 atom stereocenters. The molecule has 1 aromatic rings. The van der Waals surface area contributed by atoms with Gasteiger partial charge in [0.25, 0.3) is 0 Å². The molecule has 2 bridgehead atoms. The van der Waals surface area contributed by atoms with Gasteiger partial charge in [-0.25, -0.2) is 0 Å². The molecule has 4 heterocycles. The van der Waals surface area contributed by atoms with Gasteiger partial charge >= 0.3 is 0 Å². The highest BCUT2D eigenvalue weighted by Gasteiger charge is 2.76. The summed E-state index contributed by atoms with van der Waals surface area (Å²) in [4.78, 5) is 15.1. The first-order chi connectivity index (χ1) is 11.9. The van der Waals surface area contributed by atoms with Gasteiger partial charge in [0.1, 0.15) is 12.3 Å². The maximum Gasteiger partial charge on any atom is 0.236 e. The first-order valence-electron chi connectivity index (χ1n) is 8.44. The molecular weight excluding hydrogens is 340 g/mol. The van der Waals surface area contributed by atoms with Gasteiger partial charge in [0.2, 0.25) is 5.91 Å². The van der Waals surface area contributed by atoms with Crippen LogP contribution in [0.15, 0.2) is 30.4 Å². The Balaban J connectivity index is 1.63. The van der Waals surface area contributed by atoms with Gasteiger partial charge in [0.15, 0.2) is 0 Å². The molecule has 1 spiro atoms. The number of halogens is 1. The van der Waals surface area contributed by atoms with Crippen molar-refractivity contribution >= 4 is 23.2 Å². The standard InChI is InChI=1S/C19H17ClN2O3/c1-10-8-19-5-6-24-17-15(19)14(18(10,2)25-19)16(23)22(17)12-4-3-11(9-21)13(20)7-12/h3-4,7,14-15,17H,1,5-6,8H2,2H3/t14-,15+,17+,18-,19+/m1/s1. The molecule has 128 valence electrons. The molecule has 0 radical (unpaired) electrons. The number of ether oxygens (including phenoxy) is 2. The molecule has 1 aromatic carbocycles. The number of hydrogen-bond donors (Lipinski definition) is 0. The van der Waals surface area contributed by atoms with E-state index in [1.165, 1.54) is 0 Å². The largest absolute Gasteiger partial charge is 0.363 e. The molecule has 0 aromatic heterocycles. The summed E-state index contributed by atoms with van der Waals surface area (Å²) >= 11 is 6.19. The molecule has 1 amide bonds. The van der Waals surface area contributed by atoms with Crippen molar-refractivity contribution in [3.63, 3.8) is 0 Å². The molecule has 0 N–H and O–H groups in total. The predicted octanol–water partition coefficient (Wildman–Crippen LogP) is 3.02. The van der Waals surface area contributed by atoms with Crippen LogP contribution < -0.4 is 4.90 Å². The zero-order valence-corrected chi connectivity index (χ0v) is 14.5. The SMILES string of the molecule is C=C1C[C@@]23CCO[C@H]4[C@@H]2[C@H](C(=O)N4c2ccc(C#N)c(Cl)c2)[C@]1(C)O3. The molecule has 4 saturated heterocycles. The lowest BCUT2D eigenvalue weighted by Crippen LogP contribution is -2.51. The van der Waals surface area contributed by atoms with Gasteiger partial charge in [0.05, 0.1) is 34.3 Å². The summed E-state index contributed by atoms with van der Waals surface area (Å²) in [7, 11) is 0. The number of nitriles is 1. The van der Waals surface area contributed by atoms with Crippen LogP contribution in [0, 0.1) is 23.2 Å². The van der Waals surface area contributed by atoms with E-state index in [9.17, 15) is 4.79 Å². The number of fused-ring (bicyclic) bond motifs is 2. The fourth-order valence-electron chi connectivity index (χ4n) is 5.29. The number of amides is 1. The van der Waals surface area contributed by atoms with Crippen molar-refractivity contribution in [3.8, 4) is 6.07 Å². The van der Waals surface area contributed by atoms with Gasteiger partial charge in [-0.3, -0.25) is 9.69 Å². The molecule has 5 rings (SSSR count). The van der Waals surface area contributed by atoms with E-state index in [2.05, 4.69) is 6.58 Å². The average molecular weight is 357 g/mol. The van der Waals surface area contributed by atoms with Crippen LogP contribution in [0.2, 0.25) is 5.02 Å². The van der Waals surface area contributed by atoms with Crippen molar-refractivity contribution in [2.24, 2.45) is 11.8 Å². The Kier molecular flexibility index (Phi) is 2.86. The topological polar surface area (TPSA) is 62.6 Å². The highest BCUT2D eigenvalue weighted by molar-refractivity contribution is 6.32. The second-order valence-corrected chi connectivity index (χ2v) is 7.96. The summed E-state index contributed by atoms with van der Waals surface area (Å²) in [5.41, 5.74) is 1.09. The van der Waals surface area contributed by atoms with Crippen LogP contribution >= 0.6 is 11.6 Å². The molecule has 5 nitrogen and oxygen atoms in total. The average Bonchev–Trinajstić information content (AvgIpc) is 3.12. The van der Waals surface area contributed by atoms with Crippen LogP contribution in [-0.2, 0) is 14.3 Å². The van der Waals surface area contributed by atoms with Crippen molar-refractivity contribution in [2.45, 2.75) is 37.2 Å². The van der Waals surface area contributed by atoms with Crippen molar-refractivity contribution in [2.75, 3.05) is 11.5 Å². The number of rotatable bonds is 1. The maximum atomic E-state index is 13.3. The van der Waals surface area contributed by atoms with E-state index in [4.69, 9.17) is 26.3 Å². The first kappa shape index (κ1) is 15.4. The van der Waals surface area contributed by atoms with Crippen LogP contribution in [0.3, 0.4) is 0 Å². The molecular formula is C19H17ClN2O3. The van der Waals surface area contributed by atoms with E-state index in [1.807, 2.05) is 13.0 Å². The highest BCUT2D eigenvalue weighted by atomic mass is 35.5. The molecule has 0 saturated carbocycles. The van der Waals surface area contributed by atoms with Gasteiger partial charge in [-0.05, 0) is 30.7 Å². The smallest absolute Gasteiger partial charge is 0.236 e. The van der Waals surface area contributed by atoms with Crippen molar-refractivity contribution in [3.05, 3.63) is 40.9 Å². The number of nitrogens with zero attached hydrogens (tertiary/aromatic N) is 2.